The maximum absolute atomic E-state index is 12.3. The van der Waals surface area contributed by atoms with Crippen LogP contribution in [0.5, 0.6) is 5.75 Å². The highest BCUT2D eigenvalue weighted by molar-refractivity contribution is 7.98. The topological polar surface area (TPSA) is 105 Å². The molecule has 0 aliphatic carbocycles. The Balaban J connectivity index is 1.89. The first kappa shape index (κ1) is 16.2. The zero-order valence-corrected chi connectivity index (χ0v) is 14.3. The highest BCUT2D eigenvalue weighted by Gasteiger charge is 2.16. The average Bonchev–Trinajstić information content (AvgIpc) is 2.97. The lowest BCUT2D eigenvalue weighted by atomic mass is 10.1. The summed E-state index contributed by atoms with van der Waals surface area (Å²) in [5.74, 6) is 0.286. The summed E-state index contributed by atoms with van der Waals surface area (Å²) in [6, 6.07) is 3.05. The van der Waals surface area contributed by atoms with Crippen LogP contribution in [0.3, 0.4) is 0 Å². The van der Waals surface area contributed by atoms with Crippen LogP contribution in [0.2, 0.25) is 0 Å². The number of amides is 1. The summed E-state index contributed by atoms with van der Waals surface area (Å²) in [6.45, 7) is 3.71. The van der Waals surface area contributed by atoms with Crippen molar-refractivity contribution >= 4 is 29.3 Å². The van der Waals surface area contributed by atoms with Crippen molar-refractivity contribution in [2.45, 2.75) is 25.4 Å². The Bertz CT molecular complexity index is 924. The fraction of sp³-hybridized carbons (Fsp3) is 0.267. The first-order chi connectivity index (χ1) is 11.5. The summed E-state index contributed by atoms with van der Waals surface area (Å²) in [5.41, 5.74) is 2.30. The van der Waals surface area contributed by atoms with Gasteiger partial charge in [0.05, 0.1) is 6.42 Å². The molecule has 3 aromatic heterocycles. The third-order valence-electron chi connectivity index (χ3n) is 3.59. The minimum Gasteiger partial charge on any atom is -0.504 e. The normalized spacial score (nSPS) is 11.0. The van der Waals surface area contributed by atoms with Crippen molar-refractivity contribution in [3.63, 3.8) is 0 Å². The quantitative estimate of drug-likeness (QED) is 0.695. The van der Waals surface area contributed by atoms with Gasteiger partial charge in [0.15, 0.2) is 11.6 Å². The zero-order valence-electron chi connectivity index (χ0n) is 13.4. The number of anilines is 1. The molecule has 0 radical (unpaired) electrons. The summed E-state index contributed by atoms with van der Waals surface area (Å²) < 4.78 is 1.64. The van der Waals surface area contributed by atoms with E-state index in [1.165, 1.54) is 24.0 Å². The highest BCUT2D eigenvalue weighted by atomic mass is 32.2. The second-order valence-corrected chi connectivity index (χ2v) is 5.94. The molecule has 0 fully saturated rings. The van der Waals surface area contributed by atoms with E-state index in [2.05, 4.69) is 25.4 Å². The van der Waals surface area contributed by atoms with Gasteiger partial charge in [0.1, 0.15) is 0 Å². The monoisotopic (exact) mass is 344 g/mol. The number of fused-ring (bicyclic) bond motifs is 1. The van der Waals surface area contributed by atoms with Gasteiger partial charge >= 0.3 is 0 Å². The van der Waals surface area contributed by atoms with Gasteiger partial charge in [-0.15, -0.1) is 5.10 Å². The lowest BCUT2D eigenvalue weighted by Gasteiger charge is -2.10. The minimum atomic E-state index is -0.290. The van der Waals surface area contributed by atoms with Crippen molar-refractivity contribution in [3.8, 4) is 5.75 Å². The van der Waals surface area contributed by atoms with E-state index >= 15 is 0 Å². The van der Waals surface area contributed by atoms with Gasteiger partial charge in [0.25, 0.3) is 5.78 Å². The molecule has 8 nitrogen and oxygen atoms in total. The number of thioether (sulfide) groups is 1. The maximum atomic E-state index is 12.3. The number of aryl methyl sites for hydroxylation is 2. The predicted octanol–water partition coefficient (Wildman–Crippen LogP) is 1.74. The van der Waals surface area contributed by atoms with Crippen LogP contribution in [-0.2, 0) is 11.2 Å². The smallest absolute Gasteiger partial charge is 0.253 e. The first-order valence-electron chi connectivity index (χ1n) is 7.20. The van der Waals surface area contributed by atoms with E-state index in [-0.39, 0.29) is 23.9 Å². The van der Waals surface area contributed by atoms with E-state index in [0.717, 1.165) is 17.0 Å². The van der Waals surface area contributed by atoms with E-state index in [4.69, 9.17) is 0 Å². The molecule has 3 aromatic rings. The van der Waals surface area contributed by atoms with Crippen molar-refractivity contribution in [1.29, 1.82) is 0 Å². The van der Waals surface area contributed by atoms with Crippen LogP contribution in [0.4, 0.5) is 5.82 Å². The van der Waals surface area contributed by atoms with E-state index in [1.54, 1.807) is 10.6 Å². The third-order valence-corrected chi connectivity index (χ3v) is 4.13. The molecular formula is C15H16N6O2S. The number of rotatable bonds is 4. The second-order valence-electron chi connectivity index (χ2n) is 5.17. The van der Waals surface area contributed by atoms with E-state index in [1.807, 2.05) is 20.1 Å². The van der Waals surface area contributed by atoms with E-state index in [0.29, 0.717) is 10.9 Å². The molecule has 0 atom stereocenters. The molecule has 9 heteroatoms. The summed E-state index contributed by atoms with van der Waals surface area (Å²) in [5, 5.41) is 17.3. The van der Waals surface area contributed by atoms with Gasteiger partial charge in [-0.05, 0) is 32.2 Å². The van der Waals surface area contributed by atoms with Crippen LogP contribution in [0.15, 0.2) is 23.5 Å². The standard InChI is InChI=1S/C15H16N6O2S/c1-8-10(7-12(23)18-13-11(22)5-4-6-16-13)9(2)21-14(17-8)19-15(20-21)24-3/h4-6,22H,7H2,1-3H3,(H,16,18,23). The van der Waals surface area contributed by atoms with Crippen LogP contribution in [-0.4, -0.2) is 41.8 Å². The highest BCUT2D eigenvalue weighted by Crippen LogP contribution is 2.20. The molecule has 0 bridgehead atoms. The number of hydrogen-bond donors (Lipinski definition) is 2. The van der Waals surface area contributed by atoms with Gasteiger partial charge < -0.3 is 10.4 Å². The molecule has 0 unspecified atom stereocenters. The number of aromatic hydroxyl groups is 1. The third kappa shape index (κ3) is 3.02. The summed E-state index contributed by atoms with van der Waals surface area (Å²) in [7, 11) is 0. The van der Waals surface area contributed by atoms with Crippen molar-refractivity contribution in [2.75, 3.05) is 11.6 Å². The van der Waals surface area contributed by atoms with Gasteiger partial charge in [-0.25, -0.2) is 14.5 Å². The maximum Gasteiger partial charge on any atom is 0.253 e. The number of aromatic nitrogens is 5. The summed E-state index contributed by atoms with van der Waals surface area (Å²) in [6.07, 6.45) is 3.49. The fourth-order valence-electron chi connectivity index (χ4n) is 2.36. The lowest BCUT2D eigenvalue weighted by Crippen LogP contribution is -2.18. The molecule has 0 spiro atoms. The van der Waals surface area contributed by atoms with E-state index in [9.17, 15) is 9.90 Å². The van der Waals surface area contributed by atoms with Gasteiger partial charge in [0.2, 0.25) is 11.1 Å². The first-order valence-corrected chi connectivity index (χ1v) is 8.42. The Morgan fingerprint density at radius 1 is 1.38 bits per heavy atom. The molecule has 1 amide bonds. The van der Waals surface area contributed by atoms with Crippen LogP contribution < -0.4 is 5.32 Å². The van der Waals surface area contributed by atoms with Gasteiger partial charge in [-0.2, -0.15) is 4.98 Å². The average molecular weight is 344 g/mol. The number of nitrogens with one attached hydrogen (secondary N) is 1. The summed E-state index contributed by atoms with van der Waals surface area (Å²) in [4.78, 5) is 25.0. The summed E-state index contributed by atoms with van der Waals surface area (Å²) >= 11 is 1.43. The predicted molar refractivity (Wildman–Crippen MR) is 90.3 cm³/mol. The van der Waals surface area contributed by atoms with Gasteiger partial charge in [-0.1, -0.05) is 11.8 Å². The van der Waals surface area contributed by atoms with Crippen molar-refractivity contribution in [3.05, 3.63) is 35.3 Å². The number of carbonyl (C=O) groups is 1. The number of carbonyl (C=O) groups excluding carboxylic acids is 1. The van der Waals surface area contributed by atoms with Crippen LogP contribution >= 0.6 is 11.8 Å². The fourth-order valence-corrected chi connectivity index (χ4v) is 2.70. The molecule has 3 heterocycles. The van der Waals surface area contributed by atoms with Crippen molar-refractivity contribution in [2.24, 2.45) is 0 Å². The second kappa shape index (κ2) is 6.44. The molecule has 3 rings (SSSR count). The zero-order chi connectivity index (χ0) is 17.3. The van der Waals surface area contributed by atoms with Gasteiger partial charge in [0, 0.05) is 23.1 Å². The molecule has 0 aliphatic heterocycles. The Morgan fingerprint density at radius 3 is 2.88 bits per heavy atom. The molecule has 124 valence electrons. The van der Waals surface area contributed by atoms with Gasteiger partial charge in [-0.3, -0.25) is 4.79 Å². The molecule has 2 N–H and O–H groups in total. The van der Waals surface area contributed by atoms with Crippen LogP contribution in [0.1, 0.15) is 17.0 Å². The van der Waals surface area contributed by atoms with E-state index < -0.39 is 0 Å². The number of hydrogen-bond acceptors (Lipinski definition) is 7. The molecular weight excluding hydrogens is 328 g/mol. The number of nitrogens with zero attached hydrogens (tertiary/aromatic N) is 5. The molecule has 0 aliphatic rings. The molecule has 0 aromatic carbocycles. The molecule has 0 saturated heterocycles. The Morgan fingerprint density at radius 2 is 2.17 bits per heavy atom. The Hall–Kier alpha value is -2.68. The Labute approximate surface area is 142 Å². The molecule has 0 saturated carbocycles. The van der Waals surface area contributed by atoms with Crippen molar-refractivity contribution in [1.82, 2.24) is 24.6 Å². The van der Waals surface area contributed by atoms with Crippen LogP contribution in [0, 0.1) is 13.8 Å². The molecule has 24 heavy (non-hydrogen) atoms. The van der Waals surface area contributed by atoms with Crippen molar-refractivity contribution < 1.29 is 9.90 Å². The SMILES string of the molecule is CSc1nc2nc(C)c(CC(=O)Nc3ncccc3O)c(C)n2n1. The number of pyridine rings is 1. The van der Waals surface area contributed by atoms with Crippen LogP contribution in [0.25, 0.3) is 5.78 Å². The largest absolute Gasteiger partial charge is 0.504 e. The Kier molecular flexibility index (Phi) is 4.34. The lowest BCUT2D eigenvalue weighted by molar-refractivity contribution is -0.115. The minimum absolute atomic E-state index is 0.0752.